The van der Waals surface area contributed by atoms with Crippen molar-refractivity contribution >= 4 is 23.5 Å². The van der Waals surface area contributed by atoms with Crippen LogP contribution in [0.25, 0.3) is 0 Å². The number of aliphatic hydroxyl groups is 2. The first-order valence-electron chi connectivity index (χ1n) is 22.2. The Labute approximate surface area is 336 Å². The van der Waals surface area contributed by atoms with Gasteiger partial charge in [0.05, 0.1) is 6.10 Å². The molecule has 2 N–H and O–H groups in total. The molecule has 0 radical (unpaired) electrons. The minimum atomic E-state index is -1.97. The first-order valence-corrected chi connectivity index (χ1v) is 22.2. The maximum atomic E-state index is 17.5. The lowest BCUT2D eigenvalue weighted by atomic mass is 9.44. The topological polar surface area (TPSA) is 140 Å². The molecule has 6 saturated carbocycles. The fourth-order valence-electron chi connectivity index (χ4n) is 15.4. The van der Waals surface area contributed by atoms with E-state index >= 15 is 4.39 Å². The lowest BCUT2D eigenvalue weighted by Crippen LogP contribution is -2.69. The van der Waals surface area contributed by atoms with E-state index < -0.39 is 52.3 Å². The molecule has 9 aliphatic rings. The Bertz CT molecular complexity index is 1840. The highest BCUT2D eigenvalue weighted by Gasteiger charge is 2.78. The Kier molecular flexibility index (Phi) is 9.35. The normalized spacial score (nSPS) is 50.6. The summed E-state index contributed by atoms with van der Waals surface area (Å²) in [6.07, 6.45) is 13.9. The molecule has 8 aliphatic carbocycles. The van der Waals surface area contributed by atoms with Crippen molar-refractivity contribution in [3.8, 4) is 0 Å². The fourth-order valence-corrected chi connectivity index (χ4v) is 15.4. The lowest BCUT2D eigenvalue weighted by molar-refractivity contribution is -0.223. The highest BCUT2D eigenvalue weighted by Crippen LogP contribution is 2.72. The van der Waals surface area contributed by atoms with Crippen LogP contribution in [0.3, 0.4) is 0 Å². The number of halogens is 1. The van der Waals surface area contributed by atoms with E-state index in [9.17, 15) is 29.4 Å². The average molecular weight is 791 g/mol. The number of allylic oxidation sites excluding steroid dienone is 5. The molecule has 0 bridgehead atoms. The predicted octanol–water partition coefficient (Wildman–Crippen LogP) is 7.26. The van der Waals surface area contributed by atoms with Gasteiger partial charge in [0, 0.05) is 41.4 Å². The van der Waals surface area contributed by atoms with Gasteiger partial charge >= 0.3 is 11.9 Å². The van der Waals surface area contributed by atoms with E-state index in [1.54, 1.807) is 13.0 Å². The Hall–Kier alpha value is -2.69. The van der Waals surface area contributed by atoms with E-state index in [1.807, 2.05) is 19.9 Å². The number of esters is 2. The van der Waals surface area contributed by atoms with Crippen LogP contribution in [0, 0.1) is 57.2 Å². The summed E-state index contributed by atoms with van der Waals surface area (Å²) in [7, 11) is 0. The van der Waals surface area contributed by atoms with E-state index in [1.165, 1.54) is 17.7 Å². The van der Waals surface area contributed by atoms with Crippen molar-refractivity contribution in [2.45, 2.75) is 167 Å². The highest BCUT2D eigenvalue weighted by molar-refractivity contribution is 6.01. The van der Waals surface area contributed by atoms with Crippen LogP contribution in [0.1, 0.15) is 131 Å². The van der Waals surface area contributed by atoms with Gasteiger partial charge in [0.15, 0.2) is 17.2 Å². The number of hydrogen-bond donors (Lipinski definition) is 2. The second kappa shape index (κ2) is 13.4. The van der Waals surface area contributed by atoms with Crippen molar-refractivity contribution in [2.75, 3.05) is 6.61 Å². The molecule has 1 aliphatic heterocycles. The molecule has 0 aromatic carbocycles. The third-order valence-corrected chi connectivity index (χ3v) is 18.6. The van der Waals surface area contributed by atoms with Crippen LogP contribution in [0.5, 0.6) is 0 Å². The number of epoxide rings is 1. The van der Waals surface area contributed by atoms with E-state index in [4.69, 9.17) is 14.2 Å². The van der Waals surface area contributed by atoms with Gasteiger partial charge in [-0.1, -0.05) is 44.9 Å². The number of carbonyl (C=O) groups excluding carboxylic acids is 4. The maximum Gasteiger partial charge on any atom is 0.306 e. The standard InChI is InChI=1S/C47H63FO9/c1-26-21-35-34-12-10-28-23-30(50)16-20-44(28,4)46(34,48)37(51)24-45(35,5)47(26,54)41-36(56-41)25-55-39(52)7-6-8-40(53)57-38-14-13-32-31-11-9-27-22-29(49)15-18-42(27,2)33(31)17-19-43(32,38)3/h16,20,22-23,26,31-38,41,51,54H,6-15,17-19,21,24-25H2,1-5H3/t26-,31?,32?,33?,34?,35?,36?,37-,38-,41?,42-,43-,44-,45-,46-,47-/m0/s1. The van der Waals surface area contributed by atoms with E-state index in [0.717, 1.165) is 50.5 Å². The molecule has 312 valence electrons. The van der Waals surface area contributed by atoms with Crippen molar-refractivity contribution in [3.05, 3.63) is 35.5 Å². The van der Waals surface area contributed by atoms with Crippen LogP contribution in [-0.2, 0) is 33.4 Å². The molecule has 0 aromatic rings. The van der Waals surface area contributed by atoms with Crippen molar-refractivity contribution in [2.24, 2.45) is 57.2 Å². The van der Waals surface area contributed by atoms with Gasteiger partial charge < -0.3 is 24.4 Å². The molecule has 7 unspecified atom stereocenters. The summed E-state index contributed by atoms with van der Waals surface area (Å²) in [5, 5.41) is 24.2. The Morgan fingerprint density at radius 2 is 1.65 bits per heavy atom. The number of hydrogen-bond acceptors (Lipinski definition) is 9. The Morgan fingerprint density at radius 3 is 2.44 bits per heavy atom. The monoisotopic (exact) mass is 790 g/mol. The first kappa shape index (κ1) is 39.8. The molecule has 9 nitrogen and oxygen atoms in total. The third-order valence-electron chi connectivity index (χ3n) is 18.6. The molecule has 1 heterocycles. The van der Waals surface area contributed by atoms with E-state index in [2.05, 4.69) is 13.8 Å². The SMILES string of the molecule is C[C@H]1CC2C3CCC4=CC(=O)C=C[C@]4(C)[C@@]3(F)[C@@H](O)C[C@]2(C)[C@@]1(O)C1OC1COC(=O)CCCC(=O)O[C@H]1CCC2C3CCC4=CC(=O)CC[C@]4(C)C3CC[C@@]21C. The van der Waals surface area contributed by atoms with Gasteiger partial charge in [-0.3, -0.25) is 19.2 Å². The van der Waals surface area contributed by atoms with E-state index in [-0.39, 0.29) is 72.2 Å². The summed E-state index contributed by atoms with van der Waals surface area (Å²) in [6.45, 7) is 10.4. The Morgan fingerprint density at radius 1 is 0.895 bits per heavy atom. The van der Waals surface area contributed by atoms with Crippen molar-refractivity contribution in [1.29, 1.82) is 0 Å². The largest absolute Gasteiger partial charge is 0.463 e. The number of fused-ring (bicyclic) bond motifs is 10. The van der Waals surface area contributed by atoms with Gasteiger partial charge in [-0.25, -0.2) is 4.39 Å². The van der Waals surface area contributed by atoms with Crippen LogP contribution >= 0.6 is 0 Å². The molecule has 10 heteroatoms. The summed E-state index contributed by atoms with van der Waals surface area (Å²) >= 11 is 0. The maximum absolute atomic E-state index is 17.5. The van der Waals surface area contributed by atoms with Gasteiger partial charge in [0.25, 0.3) is 0 Å². The lowest BCUT2D eigenvalue weighted by Gasteiger charge is -2.62. The number of rotatable bonds is 8. The fraction of sp³-hybridized carbons (Fsp3) is 0.787. The number of ether oxygens (including phenoxy) is 3. The second-order valence-electron chi connectivity index (χ2n) is 20.9. The quantitative estimate of drug-likeness (QED) is 0.192. The summed E-state index contributed by atoms with van der Waals surface area (Å²) in [6, 6.07) is 0. The van der Waals surface area contributed by atoms with Crippen LogP contribution in [-0.4, -0.2) is 76.0 Å². The summed E-state index contributed by atoms with van der Waals surface area (Å²) in [5.41, 5.74) is -3.09. The molecule has 0 aromatic heterocycles. The van der Waals surface area contributed by atoms with Gasteiger partial charge in [-0.05, 0) is 137 Å². The Balaban J connectivity index is 0.757. The van der Waals surface area contributed by atoms with Gasteiger partial charge in [0.2, 0.25) is 0 Å². The van der Waals surface area contributed by atoms with Crippen LogP contribution in [0.2, 0.25) is 0 Å². The smallest absolute Gasteiger partial charge is 0.306 e. The molecule has 57 heavy (non-hydrogen) atoms. The third kappa shape index (κ3) is 5.60. The van der Waals surface area contributed by atoms with Gasteiger partial charge in [0.1, 0.15) is 30.5 Å². The molecule has 0 amide bonds. The van der Waals surface area contributed by atoms with Gasteiger partial charge in [-0.15, -0.1) is 0 Å². The predicted molar refractivity (Wildman–Crippen MR) is 208 cm³/mol. The highest BCUT2D eigenvalue weighted by atomic mass is 19.1. The molecule has 9 rings (SSSR count). The second-order valence-corrected chi connectivity index (χ2v) is 20.9. The molecule has 1 saturated heterocycles. The van der Waals surface area contributed by atoms with Crippen LogP contribution < -0.4 is 0 Å². The van der Waals surface area contributed by atoms with Crippen molar-refractivity contribution in [3.63, 3.8) is 0 Å². The van der Waals surface area contributed by atoms with Crippen molar-refractivity contribution in [1.82, 2.24) is 0 Å². The molecular formula is C47H63FO9. The zero-order valence-electron chi connectivity index (χ0n) is 34.5. The number of carbonyl (C=O) groups is 4. The minimum Gasteiger partial charge on any atom is -0.463 e. The summed E-state index contributed by atoms with van der Waals surface area (Å²) < 4.78 is 35.4. The molecule has 16 atom stereocenters. The number of aliphatic hydroxyl groups excluding tert-OH is 1. The van der Waals surface area contributed by atoms with Gasteiger partial charge in [-0.2, -0.15) is 0 Å². The first-order chi connectivity index (χ1) is 26.9. The zero-order valence-corrected chi connectivity index (χ0v) is 34.5. The van der Waals surface area contributed by atoms with Crippen LogP contribution in [0.15, 0.2) is 35.5 Å². The number of alkyl halides is 1. The molecular weight excluding hydrogens is 728 g/mol. The number of ketones is 2. The zero-order chi connectivity index (χ0) is 40.5. The van der Waals surface area contributed by atoms with Crippen molar-refractivity contribution < 1.29 is 48.0 Å². The van der Waals surface area contributed by atoms with E-state index in [0.29, 0.717) is 49.9 Å². The molecule has 0 spiro atoms. The summed E-state index contributed by atoms with van der Waals surface area (Å²) in [4.78, 5) is 50.4. The average Bonchev–Trinajstić information content (AvgIpc) is 3.83. The minimum absolute atomic E-state index is 0.0234. The van der Waals surface area contributed by atoms with Crippen LogP contribution in [0.4, 0.5) is 4.39 Å². The summed E-state index contributed by atoms with van der Waals surface area (Å²) in [5.74, 6) is 0.151. The molecule has 7 fully saturated rings.